The molecule has 0 aliphatic heterocycles. The summed E-state index contributed by atoms with van der Waals surface area (Å²) in [5.41, 5.74) is 1.42. The maximum Gasteiger partial charge on any atom is 0.285 e. The van der Waals surface area contributed by atoms with Crippen LogP contribution in [0.4, 0.5) is 0 Å². The molecule has 0 atom stereocenters. The number of hydrogen-bond donors (Lipinski definition) is 1. The maximum atomic E-state index is 11.9. The standard InChI is InChI=1S/C11H11BrN2O2/c1-16-7-9-10(12)11(15)14(13-9)8-5-3-2-4-6-8/h2-6,13H,7H2,1H3. The number of methoxy groups -OCH3 is 1. The van der Waals surface area contributed by atoms with Crippen LogP contribution in [0.5, 0.6) is 0 Å². The fraction of sp³-hybridized carbons (Fsp3) is 0.182. The molecule has 84 valence electrons. The Morgan fingerprint density at radius 1 is 1.38 bits per heavy atom. The van der Waals surface area contributed by atoms with Crippen molar-refractivity contribution in [1.82, 2.24) is 9.78 Å². The number of nitrogens with zero attached hydrogens (tertiary/aromatic N) is 1. The number of halogens is 1. The molecule has 2 rings (SSSR count). The van der Waals surface area contributed by atoms with Gasteiger partial charge in [0.2, 0.25) is 0 Å². The highest BCUT2D eigenvalue weighted by molar-refractivity contribution is 9.10. The molecule has 0 aliphatic carbocycles. The number of H-pyrrole nitrogens is 1. The summed E-state index contributed by atoms with van der Waals surface area (Å²) in [4.78, 5) is 11.9. The highest BCUT2D eigenvalue weighted by Crippen LogP contribution is 2.13. The summed E-state index contributed by atoms with van der Waals surface area (Å²) in [6.45, 7) is 0.371. The molecule has 2 aromatic rings. The van der Waals surface area contributed by atoms with Crippen LogP contribution in [-0.2, 0) is 11.3 Å². The zero-order valence-electron chi connectivity index (χ0n) is 8.74. The minimum Gasteiger partial charge on any atom is -0.378 e. The minimum atomic E-state index is -0.113. The number of aromatic nitrogens is 2. The van der Waals surface area contributed by atoms with E-state index in [1.54, 1.807) is 7.11 Å². The summed E-state index contributed by atoms with van der Waals surface area (Å²) in [6.07, 6.45) is 0. The number of benzene rings is 1. The van der Waals surface area contributed by atoms with E-state index in [-0.39, 0.29) is 5.56 Å². The number of nitrogens with one attached hydrogen (secondary N) is 1. The number of hydrogen-bond acceptors (Lipinski definition) is 2. The smallest absolute Gasteiger partial charge is 0.285 e. The molecule has 0 bridgehead atoms. The lowest BCUT2D eigenvalue weighted by molar-refractivity contribution is 0.180. The van der Waals surface area contributed by atoms with Gasteiger partial charge in [-0.2, -0.15) is 0 Å². The Balaban J connectivity index is 2.51. The van der Waals surface area contributed by atoms with E-state index in [0.717, 1.165) is 11.4 Å². The molecule has 1 N–H and O–H groups in total. The molecule has 5 heteroatoms. The molecule has 16 heavy (non-hydrogen) atoms. The van der Waals surface area contributed by atoms with Gasteiger partial charge in [0, 0.05) is 7.11 Å². The average molecular weight is 283 g/mol. The Bertz CT molecular complexity index is 531. The second-order valence-corrected chi connectivity index (χ2v) is 4.11. The number of aromatic amines is 1. The lowest BCUT2D eigenvalue weighted by Crippen LogP contribution is -2.14. The fourth-order valence-electron chi connectivity index (χ4n) is 1.46. The molecule has 1 aromatic carbocycles. The Kier molecular flexibility index (Phi) is 3.26. The van der Waals surface area contributed by atoms with Gasteiger partial charge in [0.25, 0.3) is 5.56 Å². The number of ether oxygens (including phenoxy) is 1. The van der Waals surface area contributed by atoms with Gasteiger partial charge in [-0.25, -0.2) is 4.68 Å². The third kappa shape index (κ3) is 1.96. The van der Waals surface area contributed by atoms with Gasteiger partial charge in [-0.15, -0.1) is 0 Å². The molecule has 4 nitrogen and oxygen atoms in total. The summed E-state index contributed by atoms with van der Waals surface area (Å²) in [5, 5.41) is 3.00. The Labute approximate surface area is 101 Å². The van der Waals surface area contributed by atoms with Crippen molar-refractivity contribution < 1.29 is 4.74 Å². The maximum absolute atomic E-state index is 11.9. The molecule has 0 aliphatic rings. The summed E-state index contributed by atoms with van der Waals surface area (Å²) in [7, 11) is 1.59. The van der Waals surface area contributed by atoms with Crippen molar-refractivity contribution in [2.75, 3.05) is 7.11 Å². The third-order valence-electron chi connectivity index (χ3n) is 2.21. The topological polar surface area (TPSA) is 47.0 Å². The van der Waals surface area contributed by atoms with Crippen LogP contribution in [0.2, 0.25) is 0 Å². The van der Waals surface area contributed by atoms with E-state index in [4.69, 9.17) is 4.74 Å². The normalized spacial score (nSPS) is 10.6. The van der Waals surface area contributed by atoms with Crippen LogP contribution >= 0.6 is 15.9 Å². The van der Waals surface area contributed by atoms with E-state index in [9.17, 15) is 4.79 Å². The molecule has 0 amide bonds. The van der Waals surface area contributed by atoms with Crippen molar-refractivity contribution in [3.05, 3.63) is 50.9 Å². The monoisotopic (exact) mass is 282 g/mol. The first kappa shape index (κ1) is 11.2. The van der Waals surface area contributed by atoms with E-state index < -0.39 is 0 Å². The first-order chi connectivity index (χ1) is 7.74. The predicted molar refractivity (Wildman–Crippen MR) is 64.8 cm³/mol. The van der Waals surface area contributed by atoms with E-state index in [2.05, 4.69) is 21.0 Å². The molecule has 0 spiro atoms. The molecule has 0 saturated heterocycles. The van der Waals surface area contributed by atoms with Gasteiger partial charge in [-0.3, -0.25) is 9.89 Å². The van der Waals surface area contributed by atoms with Crippen LogP contribution in [0, 0.1) is 0 Å². The highest BCUT2D eigenvalue weighted by Gasteiger charge is 2.11. The van der Waals surface area contributed by atoms with E-state index >= 15 is 0 Å². The summed E-state index contributed by atoms with van der Waals surface area (Å²) < 4.78 is 7.00. The second-order valence-electron chi connectivity index (χ2n) is 3.31. The Morgan fingerprint density at radius 2 is 2.06 bits per heavy atom. The number of rotatable bonds is 3. The van der Waals surface area contributed by atoms with Gasteiger partial charge >= 0.3 is 0 Å². The average Bonchev–Trinajstić information content (AvgIpc) is 2.59. The predicted octanol–water partition coefficient (Wildman–Crippen LogP) is 2.07. The van der Waals surface area contributed by atoms with Crippen molar-refractivity contribution in [2.45, 2.75) is 6.61 Å². The van der Waals surface area contributed by atoms with Crippen LogP contribution in [0.1, 0.15) is 5.69 Å². The Morgan fingerprint density at radius 3 is 2.69 bits per heavy atom. The molecular formula is C11H11BrN2O2. The molecular weight excluding hydrogens is 272 g/mol. The summed E-state index contributed by atoms with van der Waals surface area (Å²) in [6, 6.07) is 9.39. The van der Waals surface area contributed by atoms with Gasteiger partial charge in [-0.05, 0) is 28.1 Å². The zero-order valence-corrected chi connectivity index (χ0v) is 10.3. The van der Waals surface area contributed by atoms with Gasteiger partial charge in [-0.1, -0.05) is 18.2 Å². The molecule has 0 unspecified atom stereocenters. The first-order valence-electron chi connectivity index (χ1n) is 4.78. The van der Waals surface area contributed by atoms with Crippen molar-refractivity contribution in [1.29, 1.82) is 0 Å². The molecule has 0 radical (unpaired) electrons. The van der Waals surface area contributed by atoms with Gasteiger partial charge < -0.3 is 4.74 Å². The van der Waals surface area contributed by atoms with E-state index in [1.165, 1.54) is 4.68 Å². The van der Waals surface area contributed by atoms with Crippen LogP contribution in [-0.4, -0.2) is 16.9 Å². The van der Waals surface area contributed by atoms with E-state index in [0.29, 0.717) is 11.1 Å². The van der Waals surface area contributed by atoms with Gasteiger partial charge in [0.05, 0.1) is 18.0 Å². The summed E-state index contributed by atoms with van der Waals surface area (Å²) in [5.74, 6) is 0. The molecule has 0 saturated carbocycles. The van der Waals surface area contributed by atoms with Crippen LogP contribution < -0.4 is 5.56 Å². The van der Waals surface area contributed by atoms with Crippen molar-refractivity contribution in [3.8, 4) is 5.69 Å². The van der Waals surface area contributed by atoms with Crippen LogP contribution in [0.15, 0.2) is 39.6 Å². The first-order valence-corrected chi connectivity index (χ1v) is 5.57. The van der Waals surface area contributed by atoms with Crippen LogP contribution in [0.25, 0.3) is 5.69 Å². The molecule has 1 aromatic heterocycles. The van der Waals surface area contributed by atoms with Crippen molar-refractivity contribution in [3.63, 3.8) is 0 Å². The largest absolute Gasteiger partial charge is 0.378 e. The number of para-hydroxylation sites is 1. The van der Waals surface area contributed by atoms with E-state index in [1.807, 2.05) is 30.3 Å². The van der Waals surface area contributed by atoms with Gasteiger partial charge in [0.15, 0.2) is 0 Å². The SMILES string of the molecule is COCc1[nH]n(-c2ccccc2)c(=O)c1Br. The lowest BCUT2D eigenvalue weighted by Gasteiger charge is -2.00. The second kappa shape index (κ2) is 4.67. The van der Waals surface area contributed by atoms with Crippen molar-refractivity contribution in [2.24, 2.45) is 0 Å². The lowest BCUT2D eigenvalue weighted by atomic mass is 10.3. The van der Waals surface area contributed by atoms with Crippen LogP contribution in [0.3, 0.4) is 0 Å². The van der Waals surface area contributed by atoms with Crippen molar-refractivity contribution >= 4 is 15.9 Å². The quantitative estimate of drug-likeness (QED) is 0.937. The minimum absolute atomic E-state index is 0.113. The fourth-order valence-corrected chi connectivity index (χ4v) is 1.84. The highest BCUT2D eigenvalue weighted by atomic mass is 79.9. The summed E-state index contributed by atoms with van der Waals surface area (Å²) >= 11 is 3.25. The third-order valence-corrected chi connectivity index (χ3v) is 3.02. The molecule has 0 fully saturated rings. The zero-order chi connectivity index (χ0) is 11.5. The molecule has 1 heterocycles. The Hall–Kier alpha value is -1.33. The van der Waals surface area contributed by atoms with Gasteiger partial charge in [0.1, 0.15) is 4.47 Å².